The zero-order valence-electron chi connectivity index (χ0n) is 9.13. The standard InChI is InChI=1S/C10H21IN2O/c1-13(7-8-14-2)10-5-3-9(12-11)4-6-10/h9-10,12H,3-8H2,1-2H3. The first-order valence-corrected chi connectivity index (χ1v) is 6.41. The van der Waals surface area contributed by atoms with Gasteiger partial charge in [-0.05, 0) is 32.7 Å². The molecule has 3 nitrogen and oxygen atoms in total. The van der Waals surface area contributed by atoms with Crippen LogP contribution in [0.15, 0.2) is 0 Å². The second kappa shape index (κ2) is 6.98. The van der Waals surface area contributed by atoms with E-state index in [0.717, 1.165) is 25.2 Å². The highest BCUT2D eigenvalue weighted by Gasteiger charge is 2.22. The lowest BCUT2D eigenvalue weighted by Gasteiger charge is -2.34. The van der Waals surface area contributed by atoms with E-state index < -0.39 is 0 Å². The first-order chi connectivity index (χ1) is 6.77. The van der Waals surface area contributed by atoms with Crippen LogP contribution in [0, 0.1) is 0 Å². The van der Waals surface area contributed by atoms with Gasteiger partial charge in [-0.1, -0.05) is 0 Å². The quantitative estimate of drug-likeness (QED) is 0.619. The number of likely N-dealkylation sites (N-methyl/N-ethyl adjacent to an activating group) is 1. The number of ether oxygens (including phenoxy) is 1. The molecule has 1 saturated carbocycles. The van der Waals surface area contributed by atoms with Crippen LogP contribution in [0.25, 0.3) is 0 Å². The predicted molar refractivity (Wildman–Crippen MR) is 67.7 cm³/mol. The molecule has 1 aliphatic carbocycles. The highest BCUT2D eigenvalue weighted by Crippen LogP contribution is 2.22. The number of methoxy groups -OCH3 is 1. The molecular formula is C10H21IN2O. The normalized spacial score (nSPS) is 28.3. The lowest BCUT2D eigenvalue weighted by Crippen LogP contribution is -2.39. The fraction of sp³-hybridized carbons (Fsp3) is 1.00. The summed E-state index contributed by atoms with van der Waals surface area (Å²) in [6.45, 7) is 1.91. The van der Waals surface area contributed by atoms with Crippen LogP contribution in [-0.4, -0.2) is 44.3 Å². The molecule has 0 aromatic heterocycles. The molecule has 0 atom stereocenters. The molecule has 1 rings (SSSR count). The van der Waals surface area contributed by atoms with Gasteiger partial charge >= 0.3 is 0 Å². The molecule has 1 aliphatic rings. The summed E-state index contributed by atoms with van der Waals surface area (Å²) in [4.78, 5) is 2.44. The van der Waals surface area contributed by atoms with E-state index in [-0.39, 0.29) is 0 Å². The van der Waals surface area contributed by atoms with Crippen molar-refractivity contribution in [1.29, 1.82) is 0 Å². The Bertz CT molecular complexity index is 149. The van der Waals surface area contributed by atoms with E-state index in [0.29, 0.717) is 0 Å². The summed E-state index contributed by atoms with van der Waals surface area (Å²) >= 11 is 2.27. The van der Waals surface area contributed by atoms with E-state index >= 15 is 0 Å². The SMILES string of the molecule is COCCN(C)C1CCC(NI)CC1. The first-order valence-electron chi connectivity index (χ1n) is 5.33. The molecule has 14 heavy (non-hydrogen) atoms. The number of rotatable bonds is 5. The number of hydrogen-bond donors (Lipinski definition) is 1. The fourth-order valence-electron chi connectivity index (χ4n) is 2.04. The Labute approximate surface area is 101 Å². The van der Waals surface area contributed by atoms with Gasteiger partial charge in [0.1, 0.15) is 0 Å². The summed E-state index contributed by atoms with van der Waals surface area (Å²) in [5, 5.41) is 0. The molecular weight excluding hydrogens is 291 g/mol. The van der Waals surface area contributed by atoms with E-state index in [2.05, 4.69) is 38.3 Å². The summed E-state index contributed by atoms with van der Waals surface area (Å²) in [5.74, 6) is 0. The summed E-state index contributed by atoms with van der Waals surface area (Å²) < 4.78 is 8.42. The van der Waals surface area contributed by atoms with Crippen molar-refractivity contribution in [2.75, 3.05) is 27.3 Å². The predicted octanol–water partition coefficient (Wildman–Crippen LogP) is 1.82. The second-order valence-corrected chi connectivity index (χ2v) is 4.71. The van der Waals surface area contributed by atoms with Crippen molar-refractivity contribution in [2.24, 2.45) is 0 Å². The van der Waals surface area contributed by atoms with Crippen molar-refractivity contribution in [3.8, 4) is 0 Å². The van der Waals surface area contributed by atoms with Crippen molar-refractivity contribution in [3.05, 3.63) is 0 Å². The van der Waals surface area contributed by atoms with Crippen LogP contribution >= 0.6 is 22.9 Å². The Kier molecular flexibility index (Phi) is 6.32. The van der Waals surface area contributed by atoms with Gasteiger partial charge in [-0.25, -0.2) is 0 Å². The maximum Gasteiger partial charge on any atom is 0.0589 e. The van der Waals surface area contributed by atoms with Gasteiger partial charge in [0.2, 0.25) is 0 Å². The number of nitrogens with zero attached hydrogens (tertiary/aromatic N) is 1. The van der Waals surface area contributed by atoms with E-state index in [4.69, 9.17) is 4.74 Å². The minimum absolute atomic E-state index is 0.739. The van der Waals surface area contributed by atoms with Gasteiger partial charge in [0.25, 0.3) is 0 Å². The van der Waals surface area contributed by atoms with Crippen molar-refractivity contribution in [2.45, 2.75) is 37.8 Å². The highest BCUT2D eigenvalue weighted by atomic mass is 127. The van der Waals surface area contributed by atoms with Crippen LogP contribution in [0.3, 0.4) is 0 Å². The van der Waals surface area contributed by atoms with E-state index in [9.17, 15) is 0 Å². The Hall–Kier alpha value is 0.610. The molecule has 0 unspecified atom stereocenters. The molecule has 1 fully saturated rings. The molecule has 0 aromatic carbocycles. The summed E-state index contributed by atoms with van der Waals surface area (Å²) in [7, 11) is 3.98. The molecule has 0 radical (unpaired) electrons. The van der Waals surface area contributed by atoms with E-state index in [1.165, 1.54) is 25.7 Å². The van der Waals surface area contributed by atoms with E-state index in [1.807, 2.05) is 0 Å². The average Bonchev–Trinajstić information content (AvgIpc) is 2.26. The third-order valence-electron chi connectivity index (χ3n) is 3.12. The molecule has 0 aromatic rings. The molecule has 0 heterocycles. The Morgan fingerprint density at radius 1 is 1.36 bits per heavy atom. The average molecular weight is 312 g/mol. The number of halogens is 1. The van der Waals surface area contributed by atoms with Crippen LogP contribution < -0.4 is 3.53 Å². The Morgan fingerprint density at radius 2 is 2.00 bits per heavy atom. The van der Waals surface area contributed by atoms with Gasteiger partial charge in [0, 0.05) is 48.6 Å². The zero-order valence-corrected chi connectivity index (χ0v) is 11.3. The van der Waals surface area contributed by atoms with Crippen molar-refractivity contribution < 1.29 is 4.74 Å². The van der Waals surface area contributed by atoms with Crippen LogP contribution in [-0.2, 0) is 4.74 Å². The van der Waals surface area contributed by atoms with Gasteiger partial charge in [-0.3, -0.25) is 3.53 Å². The fourth-order valence-corrected chi connectivity index (χ4v) is 2.67. The van der Waals surface area contributed by atoms with Gasteiger partial charge in [-0.2, -0.15) is 0 Å². The van der Waals surface area contributed by atoms with Crippen LogP contribution in [0.1, 0.15) is 25.7 Å². The molecule has 0 aliphatic heterocycles. The van der Waals surface area contributed by atoms with E-state index in [1.54, 1.807) is 7.11 Å². The highest BCUT2D eigenvalue weighted by molar-refractivity contribution is 14.1. The van der Waals surface area contributed by atoms with Gasteiger partial charge in [-0.15, -0.1) is 0 Å². The van der Waals surface area contributed by atoms with Crippen LogP contribution in [0.2, 0.25) is 0 Å². The molecule has 84 valence electrons. The smallest absolute Gasteiger partial charge is 0.0589 e. The second-order valence-electron chi connectivity index (χ2n) is 4.09. The summed E-state index contributed by atoms with van der Waals surface area (Å²) in [5.41, 5.74) is 0. The molecule has 0 amide bonds. The first kappa shape index (κ1) is 12.7. The third kappa shape index (κ3) is 4.00. The minimum atomic E-state index is 0.739. The minimum Gasteiger partial charge on any atom is -0.383 e. The maximum atomic E-state index is 5.09. The molecule has 1 N–H and O–H groups in total. The topological polar surface area (TPSA) is 24.5 Å². The number of nitrogens with one attached hydrogen (secondary N) is 1. The summed E-state index contributed by atoms with van der Waals surface area (Å²) in [6, 6.07) is 1.51. The molecule has 0 saturated heterocycles. The maximum absolute atomic E-state index is 5.09. The van der Waals surface area contributed by atoms with Gasteiger partial charge in [0.05, 0.1) is 6.61 Å². The molecule has 0 bridgehead atoms. The van der Waals surface area contributed by atoms with Crippen molar-refractivity contribution in [1.82, 2.24) is 8.43 Å². The monoisotopic (exact) mass is 312 g/mol. The van der Waals surface area contributed by atoms with Gasteiger partial charge in [0.15, 0.2) is 0 Å². The Balaban J connectivity index is 2.19. The van der Waals surface area contributed by atoms with Crippen molar-refractivity contribution in [3.63, 3.8) is 0 Å². The van der Waals surface area contributed by atoms with Crippen LogP contribution in [0.5, 0.6) is 0 Å². The lowest BCUT2D eigenvalue weighted by atomic mass is 9.91. The third-order valence-corrected chi connectivity index (χ3v) is 4.00. The lowest BCUT2D eigenvalue weighted by molar-refractivity contribution is 0.119. The largest absolute Gasteiger partial charge is 0.383 e. The van der Waals surface area contributed by atoms with Gasteiger partial charge < -0.3 is 9.64 Å². The van der Waals surface area contributed by atoms with Crippen molar-refractivity contribution >= 4 is 22.9 Å². The summed E-state index contributed by atoms with van der Waals surface area (Å²) in [6.07, 6.45) is 5.26. The zero-order chi connectivity index (χ0) is 10.4. The Morgan fingerprint density at radius 3 is 2.50 bits per heavy atom. The molecule has 0 spiro atoms. The van der Waals surface area contributed by atoms with Crippen LogP contribution in [0.4, 0.5) is 0 Å². The molecule has 4 heteroatoms. The number of hydrogen-bond acceptors (Lipinski definition) is 3.